The van der Waals surface area contributed by atoms with Crippen LogP contribution in [0, 0.1) is 5.92 Å². The molecule has 0 spiro atoms. The first-order valence-electron chi connectivity index (χ1n) is 8.19. The standard InChI is InChI=1S/C20H25N/c1-2-5-15-8-10-17(11-9-15)20(21)19-13-12-16-6-3-4-7-18(16)14-19/h3-4,6-11,19-20H,2,5,12-14,21H2,1H3. The second kappa shape index (κ2) is 6.44. The number of fused-ring (bicyclic) bond motifs is 1. The molecule has 0 heterocycles. The molecule has 1 heteroatoms. The van der Waals surface area contributed by atoms with Gasteiger partial charge in [0, 0.05) is 6.04 Å². The molecule has 0 amide bonds. The van der Waals surface area contributed by atoms with E-state index in [1.807, 2.05) is 0 Å². The number of nitrogens with two attached hydrogens (primary N) is 1. The van der Waals surface area contributed by atoms with Crippen molar-refractivity contribution in [3.8, 4) is 0 Å². The Balaban J connectivity index is 1.72. The molecule has 110 valence electrons. The van der Waals surface area contributed by atoms with E-state index in [1.165, 1.54) is 41.5 Å². The van der Waals surface area contributed by atoms with E-state index in [1.54, 1.807) is 0 Å². The Hall–Kier alpha value is -1.60. The smallest absolute Gasteiger partial charge is 0.0326 e. The number of aryl methyl sites for hydroxylation is 2. The first kappa shape index (κ1) is 14.3. The van der Waals surface area contributed by atoms with Gasteiger partial charge >= 0.3 is 0 Å². The molecule has 0 radical (unpaired) electrons. The van der Waals surface area contributed by atoms with Gasteiger partial charge in [0.15, 0.2) is 0 Å². The molecule has 0 bridgehead atoms. The maximum atomic E-state index is 6.55. The van der Waals surface area contributed by atoms with Crippen molar-refractivity contribution in [1.29, 1.82) is 0 Å². The van der Waals surface area contributed by atoms with Gasteiger partial charge in [-0.05, 0) is 53.9 Å². The van der Waals surface area contributed by atoms with Gasteiger partial charge in [-0.3, -0.25) is 0 Å². The van der Waals surface area contributed by atoms with Gasteiger partial charge in [0.05, 0.1) is 0 Å². The van der Waals surface area contributed by atoms with E-state index in [2.05, 4.69) is 55.5 Å². The van der Waals surface area contributed by atoms with Crippen LogP contribution in [0.1, 0.15) is 48.1 Å². The van der Waals surface area contributed by atoms with Crippen LogP contribution < -0.4 is 5.73 Å². The van der Waals surface area contributed by atoms with Crippen molar-refractivity contribution in [2.45, 2.75) is 45.1 Å². The maximum Gasteiger partial charge on any atom is 0.0326 e. The zero-order chi connectivity index (χ0) is 14.7. The van der Waals surface area contributed by atoms with Crippen molar-refractivity contribution < 1.29 is 0 Å². The van der Waals surface area contributed by atoms with Crippen LogP contribution in [-0.4, -0.2) is 0 Å². The summed E-state index contributed by atoms with van der Waals surface area (Å²) >= 11 is 0. The first-order valence-corrected chi connectivity index (χ1v) is 8.19. The molecule has 2 aromatic carbocycles. The Bertz CT molecular complexity index is 585. The molecule has 1 aliphatic carbocycles. The minimum Gasteiger partial charge on any atom is -0.324 e. The monoisotopic (exact) mass is 279 g/mol. The average molecular weight is 279 g/mol. The molecule has 2 N–H and O–H groups in total. The zero-order valence-corrected chi connectivity index (χ0v) is 12.9. The highest BCUT2D eigenvalue weighted by atomic mass is 14.7. The lowest BCUT2D eigenvalue weighted by atomic mass is 9.78. The lowest BCUT2D eigenvalue weighted by Gasteiger charge is -2.29. The summed E-state index contributed by atoms with van der Waals surface area (Å²) in [5.41, 5.74) is 12.3. The molecule has 1 nitrogen and oxygen atoms in total. The van der Waals surface area contributed by atoms with Crippen molar-refractivity contribution in [3.05, 3.63) is 70.8 Å². The Morgan fingerprint density at radius 1 is 1.05 bits per heavy atom. The number of hydrogen-bond donors (Lipinski definition) is 1. The first-order chi connectivity index (χ1) is 10.3. The summed E-state index contributed by atoms with van der Waals surface area (Å²) in [6.07, 6.45) is 5.85. The summed E-state index contributed by atoms with van der Waals surface area (Å²) in [6.45, 7) is 2.22. The summed E-state index contributed by atoms with van der Waals surface area (Å²) in [5.74, 6) is 0.567. The molecule has 1 aliphatic rings. The Labute approximate surface area is 128 Å². The Morgan fingerprint density at radius 3 is 2.48 bits per heavy atom. The van der Waals surface area contributed by atoms with Crippen LogP contribution in [0.4, 0.5) is 0 Å². The molecule has 0 saturated heterocycles. The molecule has 0 fully saturated rings. The fourth-order valence-electron chi connectivity index (χ4n) is 3.50. The van der Waals surface area contributed by atoms with E-state index >= 15 is 0 Å². The second-order valence-electron chi connectivity index (χ2n) is 6.29. The van der Waals surface area contributed by atoms with Gasteiger partial charge < -0.3 is 5.73 Å². The minimum atomic E-state index is 0.161. The van der Waals surface area contributed by atoms with Crippen molar-refractivity contribution in [1.82, 2.24) is 0 Å². The van der Waals surface area contributed by atoms with E-state index < -0.39 is 0 Å². The van der Waals surface area contributed by atoms with Crippen molar-refractivity contribution >= 4 is 0 Å². The van der Waals surface area contributed by atoms with Gasteiger partial charge in [-0.2, -0.15) is 0 Å². The number of rotatable bonds is 4. The molecule has 0 aliphatic heterocycles. The molecule has 21 heavy (non-hydrogen) atoms. The molecule has 2 unspecified atom stereocenters. The summed E-state index contributed by atoms with van der Waals surface area (Å²) in [4.78, 5) is 0. The highest BCUT2D eigenvalue weighted by molar-refractivity contribution is 5.32. The third-order valence-corrected chi connectivity index (χ3v) is 4.80. The largest absolute Gasteiger partial charge is 0.324 e. The molecular formula is C20H25N. The molecule has 2 atom stereocenters. The Morgan fingerprint density at radius 2 is 1.76 bits per heavy atom. The van der Waals surface area contributed by atoms with Crippen LogP contribution in [0.25, 0.3) is 0 Å². The summed E-state index contributed by atoms with van der Waals surface area (Å²) in [5, 5.41) is 0. The molecule has 3 rings (SSSR count). The zero-order valence-electron chi connectivity index (χ0n) is 12.9. The van der Waals surface area contributed by atoms with Crippen LogP contribution in [0.15, 0.2) is 48.5 Å². The highest BCUT2D eigenvalue weighted by Gasteiger charge is 2.24. The van der Waals surface area contributed by atoms with Gasteiger partial charge in [-0.1, -0.05) is 61.9 Å². The highest BCUT2D eigenvalue weighted by Crippen LogP contribution is 2.32. The molecule has 0 saturated carbocycles. The van der Waals surface area contributed by atoms with Crippen molar-refractivity contribution in [2.24, 2.45) is 11.7 Å². The van der Waals surface area contributed by atoms with Crippen molar-refractivity contribution in [2.75, 3.05) is 0 Å². The second-order valence-corrected chi connectivity index (χ2v) is 6.29. The predicted octanol–water partition coefficient (Wildman–Crippen LogP) is 4.44. The number of benzene rings is 2. The Kier molecular flexibility index (Phi) is 4.40. The van der Waals surface area contributed by atoms with Crippen LogP contribution in [0.5, 0.6) is 0 Å². The maximum absolute atomic E-state index is 6.55. The normalized spacial score (nSPS) is 19.0. The van der Waals surface area contributed by atoms with E-state index in [0.717, 1.165) is 12.8 Å². The molecular weight excluding hydrogens is 254 g/mol. The van der Waals surface area contributed by atoms with E-state index in [0.29, 0.717) is 5.92 Å². The van der Waals surface area contributed by atoms with E-state index in [4.69, 9.17) is 5.73 Å². The van der Waals surface area contributed by atoms with Crippen LogP contribution in [-0.2, 0) is 19.3 Å². The van der Waals surface area contributed by atoms with Gasteiger partial charge in [0.25, 0.3) is 0 Å². The summed E-state index contributed by atoms with van der Waals surface area (Å²) < 4.78 is 0. The fourth-order valence-corrected chi connectivity index (χ4v) is 3.50. The quantitative estimate of drug-likeness (QED) is 0.879. The predicted molar refractivity (Wildman–Crippen MR) is 89.3 cm³/mol. The molecule has 2 aromatic rings. The summed E-state index contributed by atoms with van der Waals surface area (Å²) in [7, 11) is 0. The third-order valence-electron chi connectivity index (χ3n) is 4.80. The lowest BCUT2D eigenvalue weighted by molar-refractivity contribution is 0.382. The third kappa shape index (κ3) is 3.19. The minimum absolute atomic E-state index is 0.161. The van der Waals surface area contributed by atoms with Crippen LogP contribution in [0.2, 0.25) is 0 Å². The molecule has 0 aromatic heterocycles. The van der Waals surface area contributed by atoms with Crippen LogP contribution >= 0.6 is 0 Å². The van der Waals surface area contributed by atoms with E-state index in [9.17, 15) is 0 Å². The van der Waals surface area contributed by atoms with Gasteiger partial charge in [-0.25, -0.2) is 0 Å². The van der Waals surface area contributed by atoms with Gasteiger partial charge in [-0.15, -0.1) is 0 Å². The van der Waals surface area contributed by atoms with Gasteiger partial charge in [0.1, 0.15) is 0 Å². The van der Waals surface area contributed by atoms with Gasteiger partial charge in [0.2, 0.25) is 0 Å². The fraction of sp³-hybridized carbons (Fsp3) is 0.400. The van der Waals surface area contributed by atoms with Crippen LogP contribution in [0.3, 0.4) is 0 Å². The SMILES string of the molecule is CCCc1ccc(C(N)C2CCc3ccccc3C2)cc1. The summed E-state index contributed by atoms with van der Waals surface area (Å²) in [6, 6.07) is 17.9. The van der Waals surface area contributed by atoms with Crippen molar-refractivity contribution in [3.63, 3.8) is 0 Å². The number of hydrogen-bond acceptors (Lipinski definition) is 1. The van der Waals surface area contributed by atoms with E-state index in [-0.39, 0.29) is 6.04 Å². The average Bonchev–Trinajstić information content (AvgIpc) is 2.55. The topological polar surface area (TPSA) is 26.0 Å². The lowest BCUT2D eigenvalue weighted by Crippen LogP contribution is -2.27.